The zero-order chi connectivity index (χ0) is 14.1. The smallest absolute Gasteiger partial charge is 0.318 e. The quantitative estimate of drug-likeness (QED) is 0.896. The van der Waals surface area contributed by atoms with E-state index in [2.05, 4.69) is 34.3 Å². The van der Waals surface area contributed by atoms with Gasteiger partial charge in [-0.1, -0.05) is 31.6 Å². The molecule has 1 aromatic rings. The van der Waals surface area contributed by atoms with Crippen LogP contribution in [-0.4, -0.2) is 40.8 Å². The fraction of sp³-hybridized carbons (Fsp3) is 0.750. The van der Waals surface area contributed by atoms with Gasteiger partial charge in [-0.3, -0.25) is 5.32 Å². The number of anilines is 1. The molecule has 112 valence electrons. The molecule has 0 aliphatic carbocycles. The molecule has 0 bridgehead atoms. The van der Waals surface area contributed by atoms with Gasteiger partial charge in [0, 0.05) is 9.40 Å². The zero-order valence-corrected chi connectivity index (χ0v) is 12.4. The van der Waals surface area contributed by atoms with Crippen molar-refractivity contribution in [2.45, 2.75) is 33.1 Å². The number of primary amides is 1. The SMILES string of the molecule is CC[C@@H]1CCCN(CC)C1.NC(=O)Nc1nncs1.[HH].[HH]. The molecule has 7 heteroatoms. The van der Waals surface area contributed by atoms with E-state index in [1.54, 1.807) is 0 Å². The first-order valence-electron chi connectivity index (χ1n) is 6.70. The standard InChI is InChI=1S/C9H19N.C3H4N4OS.2H2/c1-3-9-6-5-7-10(4-2)8-9;4-2(8)6-3-7-5-1-9-3;;/h9H,3-8H2,1-2H3;1H,(H3,4,6,7,8);2*1H/t9-;;;/m1.../s1. The Morgan fingerprint density at radius 3 is 3.00 bits per heavy atom. The van der Waals surface area contributed by atoms with E-state index in [0.29, 0.717) is 5.13 Å². The summed E-state index contributed by atoms with van der Waals surface area (Å²) in [5, 5.41) is 9.67. The van der Waals surface area contributed by atoms with Crippen molar-refractivity contribution in [1.82, 2.24) is 15.1 Å². The molecule has 19 heavy (non-hydrogen) atoms. The summed E-state index contributed by atoms with van der Waals surface area (Å²) in [6.07, 6.45) is 4.26. The Morgan fingerprint density at radius 1 is 1.68 bits per heavy atom. The highest BCUT2D eigenvalue weighted by Gasteiger charge is 2.16. The van der Waals surface area contributed by atoms with Crippen LogP contribution in [-0.2, 0) is 0 Å². The first kappa shape index (κ1) is 15.8. The van der Waals surface area contributed by atoms with Crippen LogP contribution < -0.4 is 11.1 Å². The summed E-state index contributed by atoms with van der Waals surface area (Å²) >= 11 is 1.22. The van der Waals surface area contributed by atoms with E-state index in [9.17, 15) is 4.79 Å². The average Bonchev–Trinajstić information content (AvgIpc) is 2.91. The molecule has 1 aliphatic heterocycles. The molecule has 0 radical (unpaired) electrons. The molecule has 0 unspecified atom stereocenters. The third-order valence-corrected chi connectivity index (χ3v) is 3.82. The van der Waals surface area contributed by atoms with E-state index >= 15 is 0 Å². The number of rotatable bonds is 3. The lowest BCUT2D eigenvalue weighted by Crippen LogP contribution is -2.34. The molecule has 2 rings (SSSR count). The number of hydrogen-bond donors (Lipinski definition) is 2. The van der Waals surface area contributed by atoms with Crippen LogP contribution in [0.2, 0.25) is 0 Å². The van der Waals surface area contributed by atoms with Crippen molar-refractivity contribution in [2.24, 2.45) is 11.7 Å². The number of nitrogens with two attached hydrogens (primary N) is 1. The van der Waals surface area contributed by atoms with Crippen LogP contribution in [0, 0.1) is 5.92 Å². The normalized spacial score (nSPS) is 19.4. The number of piperidine rings is 1. The molecule has 3 N–H and O–H groups in total. The van der Waals surface area contributed by atoms with Gasteiger partial charge >= 0.3 is 6.03 Å². The molecular formula is C12H27N5OS. The van der Waals surface area contributed by atoms with Gasteiger partial charge in [0.1, 0.15) is 5.51 Å². The van der Waals surface area contributed by atoms with Gasteiger partial charge in [0.15, 0.2) is 0 Å². The van der Waals surface area contributed by atoms with Crippen molar-refractivity contribution >= 4 is 22.5 Å². The van der Waals surface area contributed by atoms with Gasteiger partial charge in [-0.15, -0.1) is 10.2 Å². The van der Waals surface area contributed by atoms with Gasteiger partial charge in [-0.2, -0.15) is 0 Å². The van der Waals surface area contributed by atoms with Crippen LogP contribution in [0.3, 0.4) is 0 Å². The molecular weight excluding hydrogens is 262 g/mol. The predicted octanol–water partition coefficient (Wildman–Crippen LogP) is 2.65. The van der Waals surface area contributed by atoms with Gasteiger partial charge in [0.05, 0.1) is 0 Å². The van der Waals surface area contributed by atoms with Crippen LogP contribution >= 0.6 is 11.3 Å². The number of hydrogen-bond acceptors (Lipinski definition) is 5. The summed E-state index contributed by atoms with van der Waals surface area (Å²) in [4.78, 5) is 12.7. The van der Waals surface area contributed by atoms with Crippen molar-refractivity contribution in [2.75, 3.05) is 25.0 Å². The number of likely N-dealkylation sites (tertiary alicyclic amines) is 1. The van der Waals surface area contributed by atoms with E-state index < -0.39 is 6.03 Å². The van der Waals surface area contributed by atoms with Crippen molar-refractivity contribution in [1.29, 1.82) is 0 Å². The first-order valence-corrected chi connectivity index (χ1v) is 7.58. The largest absolute Gasteiger partial charge is 0.351 e. The Balaban J connectivity index is 0. The maximum absolute atomic E-state index is 10.1. The number of carbonyl (C=O) groups excluding carboxylic acids is 1. The summed E-state index contributed by atoms with van der Waals surface area (Å²) in [7, 11) is 0. The molecule has 0 saturated carbocycles. The molecule has 1 aliphatic rings. The molecule has 1 atom stereocenters. The molecule has 1 saturated heterocycles. The Hall–Kier alpha value is -1.21. The van der Waals surface area contributed by atoms with Gasteiger partial charge in [-0.05, 0) is 31.8 Å². The predicted molar refractivity (Wildman–Crippen MR) is 82.5 cm³/mol. The topological polar surface area (TPSA) is 84.1 Å². The highest BCUT2D eigenvalue weighted by Crippen LogP contribution is 2.18. The number of nitrogens with zero attached hydrogens (tertiary/aromatic N) is 3. The molecule has 6 nitrogen and oxygen atoms in total. The van der Waals surface area contributed by atoms with Crippen molar-refractivity contribution in [3.05, 3.63) is 5.51 Å². The molecule has 0 spiro atoms. The van der Waals surface area contributed by atoms with Crippen LogP contribution in [0.5, 0.6) is 0 Å². The number of urea groups is 1. The summed E-state index contributed by atoms with van der Waals surface area (Å²) in [5.74, 6) is 0.994. The van der Waals surface area contributed by atoms with E-state index in [1.807, 2.05) is 0 Å². The maximum Gasteiger partial charge on any atom is 0.318 e. The fourth-order valence-corrected chi connectivity index (χ4v) is 2.55. The third kappa shape index (κ3) is 6.49. The molecule has 0 aromatic carbocycles. The van der Waals surface area contributed by atoms with Crippen molar-refractivity contribution in [3.8, 4) is 0 Å². The minimum atomic E-state index is -0.619. The van der Waals surface area contributed by atoms with Crippen molar-refractivity contribution in [3.63, 3.8) is 0 Å². The van der Waals surface area contributed by atoms with Gasteiger partial charge in [0.2, 0.25) is 5.13 Å². The lowest BCUT2D eigenvalue weighted by atomic mass is 9.96. The number of carbonyl (C=O) groups is 1. The van der Waals surface area contributed by atoms with Gasteiger partial charge in [0.25, 0.3) is 0 Å². The Morgan fingerprint density at radius 2 is 2.47 bits per heavy atom. The Labute approximate surface area is 121 Å². The average molecular weight is 289 g/mol. The molecule has 1 aromatic heterocycles. The van der Waals surface area contributed by atoms with E-state index in [1.165, 1.54) is 55.7 Å². The minimum Gasteiger partial charge on any atom is -0.351 e. The van der Waals surface area contributed by atoms with Crippen LogP contribution in [0.25, 0.3) is 0 Å². The van der Waals surface area contributed by atoms with Gasteiger partial charge < -0.3 is 10.6 Å². The minimum absolute atomic E-state index is 0. The Kier molecular flexibility index (Phi) is 7.35. The zero-order valence-electron chi connectivity index (χ0n) is 11.6. The second kappa shape index (κ2) is 8.82. The number of aromatic nitrogens is 2. The lowest BCUT2D eigenvalue weighted by molar-refractivity contribution is 0.179. The van der Waals surface area contributed by atoms with Gasteiger partial charge in [-0.25, -0.2) is 4.79 Å². The summed E-state index contributed by atoms with van der Waals surface area (Å²) in [5.41, 5.74) is 6.28. The number of nitrogens with one attached hydrogen (secondary N) is 1. The lowest BCUT2D eigenvalue weighted by Gasteiger charge is -2.31. The second-order valence-electron chi connectivity index (χ2n) is 4.54. The first-order chi connectivity index (χ1) is 9.15. The van der Waals surface area contributed by atoms with Crippen LogP contribution in [0.4, 0.5) is 9.93 Å². The number of amides is 2. The monoisotopic (exact) mass is 289 g/mol. The molecule has 1 fully saturated rings. The third-order valence-electron chi connectivity index (χ3n) is 3.22. The fourth-order valence-electron chi connectivity index (χ4n) is 2.10. The molecule has 2 heterocycles. The van der Waals surface area contributed by atoms with Crippen molar-refractivity contribution < 1.29 is 7.65 Å². The van der Waals surface area contributed by atoms with Crippen LogP contribution in [0.15, 0.2) is 5.51 Å². The second-order valence-corrected chi connectivity index (χ2v) is 5.38. The highest BCUT2D eigenvalue weighted by atomic mass is 32.1. The summed E-state index contributed by atoms with van der Waals surface area (Å²) in [6, 6.07) is -0.619. The summed E-state index contributed by atoms with van der Waals surface area (Å²) in [6.45, 7) is 8.51. The molecule has 2 amide bonds. The van der Waals surface area contributed by atoms with E-state index in [-0.39, 0.29) is 2.85 Å². The van der Waals surface area contributed by atoms with E-state index in [0.717, 1.165) is 5.92 Å². The van der Waals surface area contributed by atoms with E-state index in [4.69, 9.17) is 5.73 Å². The van der Waals surface area contributed by atoms with Crippen LogP contribution in [0.1, 0.15) is 36.0 Å². The highest BCUT2D eigenvalue weighted by molar-refractivity contribution is 7.13. The maximum atomic E-state index is 10.1. The summed E-state index contributed by atoms with van der Waals surface area (Å²) < 4.78 is 0. The Bertz CT molecular complexity index is 357.